The lowest BCUT2D eigenvalue weighted by atomic mass is 9.96. The largest absolute Gasteiger partial charge is 0.347 e. The van der Waals surface area contributed by atoms with Crippen LogP contribution < -0.4 is 21.1 Å². The molecule has 1 aromatic heterocycles. The van der Waals surface area contributed by atoms with Gasteiger partial charge in [-0.1, -0.05) is 37.0 Å². The van der Waals surface area contributed by atoms with Crippen molar-refractivity contribution >= 4 is 34.2 Å². The van der Waals surface area contributed by atoms with E-state index in [0.717, 1.165) is 36.3 Å². The second kappa shape index (κ2) is 10.4. The van der Waals surface area contributed by atoms with Gasteiger partial charge >= 0.3 is 12.1 Å². The fourth-order valence-corrected chi connectivity index (χ4v) is 4.48. The molecular weight excluding hydrogens is 441 g/mol. The molecule has 3 N–H and O–H groups in total. The summed E-state index contributed by atoms with van der Waals surface area (Å²) in [5.41, 5.74) is 5.60. The number of aromatic nitrogens is 1. The summed E-state index contributed by atoms with van der Waals surface area (Å²) in [7, 11) is 0. The molecule has 1 aliphatic carbocycles. The predicted molar refractivity (Wildman–Crippen MR) is 129 cm³/mol. The highest BCUT2D eigenvalue weighted by Crippen LogP contribution is 2.27. The number of nitrogens with one attached hydrogen (secondary N) is 3. The van der Waals surface area contributed by atoms with Gasteiger partial charge in [-0.25, -0.2) is 24.4 Å². The van der Waals surface area contributed by atoms with Gasteiger partial charge in [0, 0.05) is 22.7 Å². The molecule has 172 valence electrons. The van der Waals surface area contributed by atoms with E-state index in [2.05, 4.69) is 21.0 Å². The number of carbonyl (C=O) groups excluding carboxylic acids is 2. The van der Waals surface area contributed by atoms with Crippen LogP contribution in [0.15, 0.2) is 53.9 Å². The molecule has 1 aliphatic rings. The van der Waals surface area contributed by atoms with Crippen LogP contribution in [0.2, 0.25) is 0 Å². The third kappa shape index (κ3) is 6.07. The Balaban J connectivity index is 1.53. The molecule has 0 bridgehead atoms. The molecule has 4 rings (SSSR count). The smallest absolute Gasteiger partial charge is 0.334 e. The van der Waals surface area contributed by atoms with Gasteiger partial charge in [-0.3, -0.25) is 0 Å². The van der Waals surface area contributed by atoms with Gasteiger partial charge in [-0.05, 0) is 56.2 Å². The van der Waals surface area contributed by atoms with Crippen LogP contribution in [0.3, 0.4) is 0 Å². The maximum absolute atomic E-state index is 13.3. The van der Waals surface area contributed by atoms with E-state index in [1.807, 2.05) is 19.1 Å². The molecule has 3 aromatic rings. The van der Waals surface area contributed by atoms with E-state index in [0.29, 0.717) is 16.9 Å². The zero-order valence-electron chi connectivity index (χ0n) is 18.3. The highest BCUT2D eigenvalue weighted by molar-refractivity contribution is 7.14. The lowest BCUT2D eigenvalue weighted by Crippen LogP contribution is -2.54. The van der Waals surface area contributed by atoms with Crippen molar-refractivity contribution in [1.82, 2.24) is 15.7 Å². The summed E-state index contributed by atoms with van der Waals surface area (Å²) in [5, 5.41) is 8.90. The maximum Gasteiger partial charge on any atom is 0.347 e. The van der Waals surface area contributed by atoms with E-state index in [4.69, 9.17) is 0 Å². The summed E-state index contributed by atoms with van der Waals surface area (Å²) in [4.78, 5) is 30.3. The Morgan fingerprint density at radius 2 is 1.73 bits per heavy atom. The Hall–Kier alpha value is -3.46. The first-order valence-electron chi connectivity index (χ1n) is 10.9. The van der Waals surface area contributed by atoms with E-state index >= 15 is 0 Å². The topological polar surface area (TPSA) is 86.4 Å². The molecule has 1 heterocycles. The average molecular weight is 468 g/mol. The Morgan fingerprint density at radius 1 is 1.03 bits per heavy atom. The highest BCUT2D eigenvalue weighted by Gasteiger charge is 2.24. The molecule has 0 saturated heterocycles. The van der Waals surface area contributed by atoms with Gasteiger partial charge in [-0.2, -0.15) is 5.01 Å². The zero-order valence-corrected chi connectivity index (χ0v) is 19.1. The number of rotatable bonds is 4. The summed E-state index contributed by atoms with van der Waals surface area (Å²) in [6.45, 7) is 1.96. The average Bonchev–Trinajstić information content (AvgIpc) is 3.30. The minimum absolute atomic E-state index is 0.0897. The fraction of sp³-hybridized carbons (Fsp3) is 0.292. The fourth-order valence-electron chi connectivity index (χ4n) is 3.69. The van der Waals surface area contributed by atoms with Gasteiger partial charge < -0.3 is 10.6 Å². The summed E-state index contributed by atoms with van der Waals surface area (Å²) < 4.78 is 13.3. The quantitative estimate of drug-likeness (QED) is 0.421. The van der Waals surface area contributed by atoms with Crippen molar-refractivity contribution in [2.24, 2.45) is 0 Å². The number of nitrogens with zero attached hydrogens (tertiary/aromatic N) is 2. The first-order valence-corrected chi connectivity index (χ1v) is 11.8. The summed E-state index contributed by atoms with van der Waals surface area (Å²) in [6, 6.07) is 12.4. The van der Waals surface area contributed by atoms with Crippen LogP contribution in [0, 0.1) is 12.7 Å². The number of aryl methyl sites for hydroxylation is 1. The number of urea groups is 2. The minimum Gasteiger partial charge on any atom is -0.334 e. The van der Waals surface area contributed by atoms with Crippen molar-refractivity contribution in [3.63, 3.8) is 0 Å². The van der Waals surface area contributed by atoms with Crippen LogP contribution in [0.25, 0.3) is 11.3 Å². The van der Waals surface area contributed by atoms with E-state index in [-0.39, 0.29) is 17.0 Å². The maximum atomic E-state index is 13.3. The third-order valence-corrected chi connectivity index (χ3v) is 6.31. The van der Waals surface area contributed by atoms with Crippen molar-refractivity contribution in [1.29, 1.82) is 0 Å². The third-order valence-electron chi connectivity index (χ3n) is 5.48. The van der Waals surface area contributed by atoms with Crippen LogP contribution >= 0.6 is 11.3 Å². The molecule has 0 unspecified atom stereocenters. The summed E-state index contributed by atoms with van der Waals surface area (Å²) in [6.07, 6.45) is 5.19. The van der Waals surface area contributed by atoms with Crippen LogP contribution in [-0.4, -0.2) is 23.1 Å². The van der Waals surface area contributed by atoms with Crippen LogP contribution in [0.1, 0.15) is 37.7 Å². The van der Waals surface area contributed by atoms with Gasteiger partial charge in [0.2, 0.25) is 5.13 Å². The van der Waals surface area contributed by atoms with Crippen molar-refractivity contribution < 1.29 is 14.0 Å². The van der Waals surface area contributed by atoms with Crippen molar-refractivity contribution in [3.05, 3.63) is 65.3 Å². The van der Waals surface area contributed by atoms with E-state index in [1.54, 1.807) is 29.6 Å². The molecule has 2 aromatic carbocycles. The van der Waals surface area contributed by atoms with Crippen LogP contribution in [0.5, 0.6) is 0 Å². The molecule has 9 heteroatoms. The van der Waals surface area contributed by atoms with E-state index in [9.17, 15) is 14.0 Å². The number of thiazole rings is 1. The van der Waals surface area contributed by atoms with Crippen molar-refractivity contribution in [2.45, 2.75) is 45.1 Å². The number of carbonyl (C=O) groups is 2. The van der Waals surface area contributed by atoms with Crippen LogP contribution in [-0.2, 0) is 0 Å². The molecule has 0 radical (unpaired) electrons. The molecule has 33 heavy (non-hydrogen) atoms. The second-order valence-electron chi connectivity index (χ2n) is 8.07. The molecule has 0 atom stereocenters. The SMILES string of the molecule is Cc1ccc(NC(=O)N(NC(=O)NC2CCCCC2)c2nc(-c3ccc(F)cc3)cs2)cc1. The lowest BCUT2D eigenvalue weighted by Gasteiger charge is -2.26. The number of hydrogen-bond donors (Lipinski definition) is 3. The minimum atomic E-state index is -0.544. The van der Waals surface area contributed by atoms with Crippen LogP contribution in [0.4, 0.5) is 24.8 Å². The van der Waals surface area contributed by atoms with Gasteiger partial charge in [0.05, 0.1) is 5.69 Å². The summed E-state index contributed by atoms with van der Waals surface area (Å²) >= 11 is 1.20. The molecule has 4 amide bonds. The molecule has 0 aliphatic heterocycles. The number of benzene rings is 2. The van der Waals surface area contributed by atoms with Gasteiger partial charge in [-0.15, -0.1) is 11.3 Å². The monoisotopic (exact) mass is 467 g/mol. The number of hydrogen-bond acceptors (Lipinski definition) is 4. The van der Waals surface area contributed by atoms with E-state index < -0.39 is 12.1 Å². The number of amides is 4. The van der Waals surface area contributed by atoms with Crippen molar-refractivity contribution in [2.75, 3.05) is 10.3 Å². The Labute approximate surface area is 196 Å². The first kappa shape index (κ1) is 22.7. The van der Waals surface area contributed by atoms with Gasteiger partial charge in [0.15, 0.2) is 0 Å². The number of hydrazine groups is 1. The number of anilines is 2. The Bertz CT molecular complexity index is 1090. The highest BCUT2D eigenvalue weighted by atomic mass is 32.1. The molecule has 0 spiro atoms. The predicted octanol–water partition coefficient (Wildman–Crippen LogP) is 5.84. The van der Waals surface area contributed by atoms with Gasteiger partial charge in [0.1, 0.15) is 5.82 Å². The molecule has 7 nitrogen and oxygen atoms in total. The van der Waals surface area contributed by atoms with Gasteiger partial charge in [0.25, 0.3) is 0 Å². The summed E-state index contributed by atoms with van der Waals surface area (Å²) in [5.74, 6) is -0.339. The van der Waals surface area contributed by atoms with E-state index in [1.165, 1.54) is 29.9 Å². The molecule has 1 saturated carbocycles. The molecular formula is C24H26FN5O2S. The zero-order chi connectivity index (χ0) is 23.2. The number of halogens is 1. The Kier molecular flexibility index (Phi) is 7.19. The normalized spacial score (nSPS) is 13.9. The van der Waals surface area contributed by atoms with Crippen molar-refractivity contribution in [3.8, 4) is 11.3 Å². The Morgan fingerprint density at radius 3 is 2.42 bits per heavy atom. The standard InChI is InChI=1S/C24H26FN5O2S/c1-16-7-13-20(14-8-16)27-23(32)30(29-22(31)26-19-5-3-2-4-6-19)24-28-21(15-33-24)17-9-11-18(25)12-10-17/h7-15,19H,2-6H2,1H3,(H,27,32)(H2,26,29,31). The lowest BCUT2D eigenvalue weighted by molar-refractivity contribution is 0.228. The second-order valence-corrected chi connectivity index (χ2v) is 8.91. The first-order chi connectivity index (χ1) is 16.0. The molecule has 1 fully saturated rings.